The lowest BCUT2D eigenvalue weighted by Gasteiger charge is -2.36. The predicted molar refractivity (Wildman–Crippen MR) is 165 cm³/mol. The highest BCUT2D eigenvalue weighted by Crippen LogP contribution is 2.48. The van der Waals surface area contributed by atoms with Crippen molar-refractivity contribution in [2.24, 2.45) is 0 Å². The Morgan fingerprint density at radius 1 is 0.900 bits per heavy atom. The van der Waals surface area contributed by atoms with Crippen molar-refractivity contribution in [1.29, 1.82) is 0 Å². The number of carbonyl (C=O) groups excluding carboxylic acids is 1. The van der Waals surface area contributed by atoms with E-state index >= 15 is 0 Å². The third kappa shape index (κ3) is 6.09. The monoisotopic (exact) mass is 601 g/mol. The summed E-state index contributed by atoms with van der Waals surface area (Å²) in [5, 5.41) is 11.4. The van der Waals surface area contributed by atoms with Gasteiger partial charge in [-0.1, -0.05) is 96.1 Å². The SMILES string of the molecule is C=C1C(=O)N(S(=O)(=O)c2ccc(C)cc2)c2ccccc2[C@@H]1c1cc(C(C)(C)C)c(O)c(C(C)(C)C)c1.ClCCl. The molecule has 40 heavy (non-hydrogen) atoms. The average molecular weight is 603 g/mol. The Bertz CT molecular complexity index is 1500. The number of aryl methyl sites for hydroxylation is 1. The lowest BCUT2D eigenvalue weighted by Crippen LogP contribution is -2.42. The molecule has 0 aliphatic carbocycles. The molecule has 0 spiro atoms. The Morgan fingerprint density at radius 2 is 1.38 bits per heavy atom. The van der Waals surface area contributed by atoms with Gasteiger partial charge < -0.3 is 5.11 Å². The van der Waals surface area contributed by atoms with Crippen molar-refractivity contribution < 1.29 is 18.3 Å². The van der Waals surface area contributed by atoms with Crippen molar-refractivity contribution in [3.05, 3.63) is 101 Å². The highest BCUT2D eigenvalue weighted by atomic mass is 35.5. The van der Waals surface area contributed by atoms with Crippen LogP contribution in [-0.4, -0.2) is 24.8 Å². The highest BCUT2D eigenvalue weighted by molar-refractivity contribution is 7.93. The van der Waals surface area contributed by atoms with Gasteiger partial charge in [0.25, 0.3) is 15.9 Å². The molecular weight excluding hydrogens is 565 g/mol. The Labute approximate surface area is 248 Å². The van der Waals surface area contributed by atoms with Crippen LogP contribution in [0.2, 0.25) is 0 Å². The van der Waals surface area contributed by atoms with Crippen LogP contribution in [0.1, 0.15) is 75.3 Å². The van der Waals surface area contributed by atoms with Crippen LogP contribution in [0, 0.1) is 6.92 Å². The summed E-state index contributed by atoms with van der Waals surface area (Å²) in [5.41, 5.74) is 3.68. The third-order valence-corrected chi connectivity index (χ3v) is 8.63. The lowest BCUT2D eigenvalue weighted by molar-refractivity contribution is -0.114. The van der Waals surface area contributed by atoms with E-state index in [0.29, 0.717) is 11.3 Å². The lowest BCUT2D eigenvalue weighted by atomic mass is 9.74. The fourth-order valence-corrected chi connectivity index (χ4v) is 6.32. The van der Waals surface area contributed by atoms with Gasteiger partial charge in [0.05, 0.1) is 15.9 Å². The number of alkyl halides is 2. The molecule has 0 saturated carbocycles. The summed E-state index contributed by atoms with van der Waals surface area (Å²) in [6.07, 6.45) is 0. The Hall–Kier alpha value is -2.80. The molecule has 5 nitrogen and oxygen atoms in total. The van der Waals surface area contributed by atoms with Crippen molar-refractivity contribution in [2.45, 2.75) is 70.1 Å². The van der Waals surface area contributed by atoms with E-state index in [4.69, 9.17) is 23.2 Å². The minimum absolute atomic E-state index is 0.0437. The van der Waals surface area contributed by atoms with E-state index in [1.54, 1.807) is 24.3 Å². The summed E-state index contributed by atoms with van der Waals surface area (Å²) in [6.45, 7) is 18.2. The Morgan fingerprint density at radius 3 is 1.85 bits per heavy atom. The number of rotatable bonds is 3. The van der Waals surface area contributed by atoms with Gasteiger partial charge in [0.2, 0.25) is 0 Å². The second kappa shape index (κ2) is 11.6. The topological polar surface area (TPSA) is 74.7 Å². The molecule has 0 radical (unpaired) electrons. The summed E-state index contributed by atoms with van der Waals surface area (Å²) in [6, 6.07) is 17.4. The number of phenolic OH excluding ortho intramolecular Hbond substituents is 1. The number of nitrogens with zero attached hydrogens (tertiary/aromatic N) is 1. The first kappa shape index (κ1) is 31.7. The molecule has 3 aromatic rings. The van der Waals surface area contributed by atoms with Crippen molar-refractivity contribution in [3.63, 3.8) is 0 Å². The molecule has 1 atom stereocenters. The minimum atomic E-state index is -4.17. The van der Waals surface area contributed by atoms with E-state index in [1.807, 2.05) is 72.7 Å². The number of para-hydroxylation sites is 1. The number of carbonyl (C=O) groups is 1. The fourth-order valence-electron chi connectivity index (χ4n) is 4.87. The van der Waals surface area contributed by atoms with E-state index in [1.165, 1.54) is 12.1 Å². The first-order valence-corrected chi connectivity index (χ1v) is 15.4. The van der Waals surface area contributed by atoms with Crippen LogP contribution in [0.3, 0.4) is 0 Å². The highest BCUT2D eigenvalue weighted by Gasteiger charge is 2.42. The molecule has 1 N–H and O–H groups in total. The van der Waals surface area contributed by atoms with Crippen LogP contribution in [0.25, 0.3) is 0 Å². The molecule has 0 saturated heterocycles. The molecule has 0 fully saturated rings. The van der Waals surface area contributed by atoms with Crippen LogP contribution in [0.15, 0.2) is 77.7 Å². The number of benzene rings is 3. The molecule has 214 valence electrons. The molecule has 1 aliphatic heterocycles. The van der Waals surface area contributed by atoms with Crippen LogP contribution < -0.4 is 4.31 Å². The molecule has 8 heteroatoms. The fraction of sp³-hybridized carbons (Fsp3) is 0.344. The molecule has 1 aliphatic rings. The van der Waals surface area contributed by atoms with Gasteiger partial charge in [-0.25, -0.2) is 8.42 Å². The molecule has 3 aromatic carbocycles. The van der Waals surface area contributed by atoms with Gasteiger partial charge in [0.1, 0.15) is 5.75 Å². The van der Waals surface area contributed by atoms with Gasteiger partial charge in [-0.05, 0) is 58.2 Å². The van der Waals surface area contributed by atoms with E-state index in [-0.39, 0.29) is 32.4 Å². The minimum Gasteiger partial charge on any atom is -0.507 e. The number of hydrogen-bond acceptors (Lipinski definition) is 4. The zero-order chi connectivity index (χ0) is 30.2. The van der Waals surface area contributed by atoms with E-state index in [9.17, 15) is 18.3 Å². The summed E-state index contributed by atoms with van der Waals surface area (Å²) in [5.74, 6) is -0.976. The molecule has 0 bridgehead atoms. The maximum absolute atomic E-state index is 13.8. The van der Waals surface area contributed by atoms with Gasteiger partial charge >= 0.3 is 0 Å². The molecule has 0 unspecified atom stereocenters. The normalized spacial score (nSPS) is 15.8. The molecule has 1 heterocycles. The molecule has 1 amide bonds. The summed E-state index contributed by atoms with van der Waals surface area (Å²) in [7, 11) is -4.17. The number of sulfonamides is 1. The van der Waals surface area contributed by atoms with Crippen LogP contribution >= 0.6 is 23.2 Å². The first-order valence-electron chi connectivity index (χ1n) is 12.9. The summed E-state index contributed by atoms with van der Waals surface area (Å²) in [4.78, 5) is 13.8. The molecule has 0 aromatic heterocycles. The summed E-state index contributed by atoms with van der Waals surface area (Å²) >= 11 is 9.53. The number of fused-ring (bicyclic) bond motifs is 1. The second-order valence-electron chi connectivity index (χ2n) is 12.0. The van der Waals surface area contributed by atoms with E-state index < -0.39 is 21.8 Å². The molecular formula is C32H37Cl2NO4S. The largest absolute Gasteiger partial charge is 0.507 e. The van der Waals surface area contributed by atoms with Crippen LogP contribution in [0.4, 0.5) is 5.69 Å². The number of halogens is 2. The van der Waals surface area contributed by atoms with Gasteiger partial charge in [-0.3, -0.25) is 4.79 Å². The third-order valence-electron chi connectivity index (χ3n) is 6.91. The maximum Gasteiger partial charge on any atom is 0.271 e. The number of amides is 1. The zero-order valence-electron chi connectivity index (χ0n) is 24.0. The van der Waals surface area contributed by atoms with Crippen molar-refractivity contribution in [3.8, 4) is 5.75 Å². The van der Waals surface area contributed by atoms with Crippen molar-refractivity contribution >= 4 is 44.8 Å². The van der Waals surface area contributed by atoms with Gasteiger partial charge in [0, 0.05) is 11.5 Å². The predicted octanol–water partition coefficient (Wildman–Crippen LogP) is 8.14. The van der Waals surface area contributed by atoms with Crippen molar-refractivity contribution in [2.75, 3.05) is 9.64 Å². The van der Waals surface area contributed by atoms with E-state index in [0.717, 1.165) is 26.6 Å². The van der Waals surface area contributed by atoms with Gasteiger partial charge in [-0.2, -0.15) is 4.31 Å². The first-order chi connectivity index (χ1) is 18.5. The number of hydrogen-bond donors (Lipinski definition) is 1. The van der Waals surface area contributed by atoms with Gasteiger partial charge in [0.15, 0.2) is 0 Å². The molecule has 4 rings (SSSR count). The maximum atomic E-state index is 13.8. The van der Waals surface area contributed by atoms with Gasteiger partial charge in [-0.15, -0.1) is 23.2 Å². The van der Waals surface area contributed by atoms with E-state index in [2.05, 4.69) is 6.58 Å². The average Bonchev–Trinajstić information content (AvgIpc) is 2.84. The van der Waals surface area contributed by atoms with Crippen molar-refractivity contribution in [1.82, 2.24) is 0 Å². The number of phenols is 1. The van der Waals surface area contributed by atoms with Crippen LogP contribution in [-0.2, 0) is 25.6 Å². The quantitative estimate of drug-likeness (QED) is 0.243. The second-order valence-corrected chi connectivity index (χ2v) is 14.6. The standard InChI is InChI=1S/C31H35NO4S.CH2Cl2/c1-19-13-15-22(16-14-19)37(35,36)32-26-12-10-9-11-23(26)27(20(2)29(32)34)21-17-24(30(3,4)5)28(33)25(18-21)31(6,7)8;2-1-3/h9-18,27,33H,2H2,1,3-8H3;1H2/t27-;/m0./s1. The Kier molecular flexibility index (Phi) is 9.19. The van der Waals surface area contributed by atoms with Crippen LogP contribution in [0.5, 0.6) is 5.75 Å². The smallest absolute Gasteiger partial charge is 0.271 e. The number of anilines is 1. The number of aromatic hydroxyl groups is 1. The summed E-state index contributed by atoms with van der Waals surface area (Å²) < 4.78 is 28.3. The Balaban J connectivity index is 0.00000141. The zero-order valence-corrected chi connectivity index (χ0v) is 26.4.